The lowest BCUT2D eigenvalue weighted by Crippen LogP contribution is -2.42. The Morgan fingerprint density at radius 2 is 1.70 bits per heavy atom. The lowest BCUT2D eigenvalue weighted by molar-refractivity contribution is 0.0664. The second kappa shape index (κ2) is 6.68. The number of nitrogens with zero attached hydrogens (tertiary/aromatic N) is 1. The minimum absolute atomic E-state index is 0.127. The van der Waals surface area contributed by atoms with E-state index in [1.54, 1.807) is 23.1 Å². The number of nitrogens with one attached hydrogen (secondary N) is 1. The van der Waals surface area contributed by atoms with Gasteiger partial charge in [-0.05, 0) is 30.7 Å². The van der Waals surface area contributed by atoms with Gasteiger partial charge in [0.25, 0.3) is 5.91 Å². The Morgan fingerprint density at radius 3 is 2.48 bits per heavy atom. The van der Waals surface area contributed by atoms with E-state index in [4.69, 9.17) is 0 Å². The van der Waals surface area contributed by atoms with Crippen LogP contribution in [0.25, 0.3) is 0 Å². The molecule has 0 fully saturated rings. The molecule has 0 bridgehead atoms. The first-order chi connectivity index (χ1) is 13.0. The average Bonchev–Trinajstić information content (AvgIpc) is 2.68. The Hall–Kier alpha value is -3.47. The van der Waals surface area contributed by atoms with Crippen LogP contribution in [0.2, 0.25) is 0 Å². The number of aromatic hydroxyl groups is 2. The molecule has 4 rings (SSSR count). The Balaban J connectivity index is 1.79. The number of phenols is 2. The number of rotatable bonds is 3. The van der Waals surface area contributed by atoms with Gasteiger partial charge in [-0.25, -0.2) is 0 Å². The topological polar surface area (TPSA) is 72.8 Å². The van der Waals surface area contributed by atoms with Crippen molar-refractivity contribution in [2.75, 3.05) is 5.32 Å². The largest absolute Gasteiger partial charge is 0.504 e. The van der Waals surface area contributed by atoms with Gasteiger partial charge in [-0.15, -0.1) is 0 Å². The summed E-state index contributed by atoms with van der Waals surface area (Å²) in [5, 5.41) is 23.6. The molecule has 0 saturated carbocycles. The van der Waals surface area contributed by atoms with Gasteiger partial charge in [0, 0.05) is 17.8 Å². The third kappa shape index (κ3) is 3.08. The quantitative estimate of drug-likeness (QED) is 0.613. The fraction of sp³-hybridized carbons (Fsp3) is 0.136. The van der Waals surface area contributed by atoms with Gasteiger partial charge in [0.1, 0.15) is 6.17 Å². The number of benzene rings is 3. The summed E-state index contributed by atoms with van der Waals surface area (Å²) in [5.41, 5.74) is 3.87. The van der Waals surface area contributed by atoms with Crippen molar-refractivity contribution in [1.29, 1.82) is 0 Å². The third-order valence-electron chi connectivity index (χ3n) is 4.84. The van der Waals surface area contributed by atoms with Crippen LogP contribution >= 0.6 is 0 Å². The number of aryl methyl sites for hydroxylation is 1. The fourth-order valence-corrected chi connectivity index (χ4v) is 3.36. The maximum absolute atomic E-state index is 13.2. The first kappa shape index (κ1) is 17.0. The first-order valence-electron chi connectivity index (χ1n) is 8.77. The predicted octanol–water partition coefficient (Wildman–Crippen LogP) is 4.17. The van der Waals surface area contributed by atoms with Crippen LogP contribution in [0, 0.1) is 6.92 Å². The molecule has 136 valence electrons. The van der Waals surface area contributed by atoms with E-state index in [1.807, 2.05) is 49.4 Å². The van der Waals surface area contributed by atoms with Gasteiger partial charge in [0.05, 0.1) is 5.56 Å². The molecule has 0 spiro atoms. The highest BCUT2D eigenvalue weighted by molar-refractivity contribution is 6.01. The highest BCUT2D eigenvalue weighted by atomic mass is 16.3. The maximum atomic E-state index is 13.2. The number of phenolic OH excluding ortho intramolecular Hbond substituents is 2. The highest BCUT2D eigenvalue weighted by Crippen LogP contribution is 2.40. The van der Waals surface area contributed by atoms with Crippen molar-refractivity contribution < 1.29 is 15.0 Å². The Morgan fingerprint density at radius 1 is 0.963 bits per heavy atom. The normalized spacial score (nSPS) is 16.0. The molecule has 1 unspecified atom stereocenters. The third-order valence-corrected chi connectivity index (χ3v) is 4.84. The summed E-state index contributed by atoms with van der Waals surface area (Å²) in [7, 11) is 0. The molecule has 5 heteroatoms. The predicted molar refractivity (Wildman–Crippen MR) is 104 cm³/mol. The summed E-state index contributed by atoms with van der Waals surface area (Å²) in [6.07, 6.45) is -0.596. The van der Waals surface area contributed by atoms with E-state index >= 15 is 0 Å². The second-order valence-electron chi connectivity index (χ2n) is 6.73. The van der Waals surface area contributed by atoms with E-state index in [1.165, 1.54) is 6.07 Å². The molecule has 3 aromatic rings. The first-order valence-corrected chi connectivity index (χ1v) is 8.77. The molecule has 5 nitrogen and oxygen atoms in total. The number of carbonyl (C=O) groups excluding carboxylic acids is 1. The molecule has 1 atom stereocenters. The van der Waals surface area contributed by atoms with Crippen molar-refractivity contribution in [3.63, 3.8) is 0 Å². The molecule has 3 N–H and O–H groups in total. The molecule has 0 radical (unpaired) electrons. The van der Waals surface area contributed by atoms with E-state index in [9.17, 15) is 15.0 Å². The lowest BCUT2D eigenvalue weighted by atomic mass is 10.0. The van der Waals surface area contributed by atoms with Crippen LogP contribution < -0.4 is 5.32 Å². The molecule has 1 heterocycles. The summed E-state index contributed by atoms with van der Waals surface area (Å²) in [4.78, 5) is 14.9. The van der Waals surface area contributed by atoms with Gasteiger partial charge in [-0.1, -0.05) is 54.1 Å². The molecule has 0 saturated heterocycles. The van der Waals surface area contributed by atoms with Crippen LogP contribution in [0.3, 0.4) is 0 Å². The van der Waals surface area contributed by atoms with Crippen molar-refractivity contribution in [2.24, 2.45) is 0 Å². The number of fused-ring (bicyclic) bond motifs is 1. The average molecular weight is 360 g/mol. The molecule has 1 amide bonds. The van der Waals surface area contributed by atoms with E-state index < -0.39 is 6.17 Å². The van der Waals surface area contributed by atoms with Crippen LogP contribution in [-0.4, -0.2) is 21.0 Å². The Labute approximate surface area is 157 Å². The van der Waals surface area contributed by atoms with Crippen molar-refractivity contribution in [1.82, 2.24) is 4.90 Å². The standard InChI is InChI=1S/C22H20N2O3/c1-14-9-11-15(12-10-14)13-24-21(17-6-4-8-19(25)20(17)26)23-18-7-3-2-5-16(18)22(24)27/h2-12,21,23,25-26H,13H2,1H3. The summed E-state index contributed by atoms with van der Waals surface area (Å²) >= 11 is 0. The van der Waals surface area contributed by atoms with Crippen molar-refractivity contribution in [3.05, 3.63) is 89.0 Å². The fourth-order valence-electron chi connectivity index (χ4n) is 3.36. The minimum Gasteiger partial charge on any atom is -0.504 e. The number of carbonyl (C=O) groups is 1. The lowest BCUT2D eigenvalue weighted by Gasteiger charge is -2.38. The molecule has 0 aromatic heterocycles. The van der Waals surface area contributed by atoms with E-state index in [2.05, 4.69) is 5.32 Å². The van der Waals surface area contributed by atoms with Crippen LogP contribution in [0.1, 0.15) is 33.2 Å². The zero-order chi connectivity index (χ0) is 19.0. The minimum atomic E-state index is -0.596. The molecule has 1 aliphatic rings. The number of hydrogen-bond acceptors (Lipinski definition) is 4. The maximum Gasteiger partial charge on any atom is 0.258 e. The number of hydrogen-bond donors (Lipinski definition) is 3. The van der Waals surface area contributed by atoms with Crippen molar-refractivity contribution in [2.45, 2.75) is 19.6 Å². The Bertz CT molecular complexity index is 999. The zero-order valence-corrected chi connectivity index (χ0v) is 14.9. The van der Waals surface area contributed by atoms with E-state index in [-0.39, 0.29) is 17.4 Å². The Kier molecular flexibility index (Phi) is 4.20. The van der Waals surface area contributed by atoms with Gasteiger partial charge < -0.3 is 20.4 Å². The van der Waals surface area contributed by atoms with Crippen molar-refractivity contribution in [3.8, 4) is 11.5 Å². The molecule has 3 aromatic carbocycles. The van der Waals surface area contributed by atoms with Crippen LogP contribution in [0.15, 0.2) is 66.7 Å². The molecule has 27 heavy (non-hydrogen) atoms. The molecular weight excluding hydrogens is 340 g/mol. The van der Waals surface area contributed by atoms with Crippen LogP contribution in [-0.2, 0) is 6.54 Å². The van der Waals surface area contributed by atoms with Gasteiger partial charge in [-0.3, -0.25) is 4.79 Å². The van der Waals surface area contributed by atoms with Crippen LogP contribution in [0.5, 0.6) is 11.5 Å². The molecular formula is C22H20N2O3. The van der Waals surface area contributed by atoms with Gasteiger partial charge >= 0.3 is 0 Å². The van der Waals surface area contributed by atoms with Crippen molar-refractivity contribution >= 4 is 11.6 Å². The van der Waals surface area contributed by atoms with E-state index in [0.29, 0.717) is 23.4 Å². The summed E-state index contributed by atoms with van der Waals surface area (Å²) < 4.78 is 0. The van der Waals surface area contributed by atoms with Gasteiger partial charge in [0.2, 0.25) is 0 Å². The smallest absolute Gasteiger partial charge is 0.258 e. The second-order valence-corrected chi connectivity index (χ2v) is 6.73. The van der Waals surface area contributed by atoms with E-state index in [0.717, 1.165) is 11.1 Å². The summed E-state index contributed by atoms with van der Waals surface area (Å²) in [6, 6.07) is 20.1. The monoisotopic (exact) mass is 360 g/mol. The number of para-hydroxylation sites is 2. The number of amides is 1. The number of anilines is 1. The van der Waals surface area contributed by atoms with Crippen LogP contribution in [0.4, 0.5) is 5.69 Å². The molecule has 1 aliphatic heterocycles. The summed E-state index contributed by atoms with van der Waals surface area (Å²) in [5.74, 6) is -0.565. The SMILES string of the molecule is Cc1ccc(CN2C(=O)c3ccccc3NC2c2cccc(O)c2O)cc1. The van der Waals surface area contributed by atoms with Gasteiger partial charge in [-0.2, -0.15) is 0 Å². The van der Waals surface area contributed by atoms with Gasteiger partial charge in [0.15, 0.2) is 11.5 Å². The summed E-state index contributed by atoms with van der Waals surface area (Å²) in [6.45, 7) is 2.39. The molecule has 0 aliphatic carbocycles. The zero-order valence-electron chi connectivity index (χ0n) is 14.9. The highest BCUT2D eigenvalue weighted by Gasteiger charge is 2.34.